The average molecular weight is 306 g/mol. The van der Waals surface area contributed by atoms with E-state index in [4.69, 9.17) is 10.3 Å². The van der Waals surface area contributed by atoms with E-state index < -0.39 is 0 Å². The average Bonchev–Trinajstić information content (AvgIpc) is 3.16. The van der Waals surface area contributed by atoms with Gasteiger partial charge < -0.3 is 15.2 Å². The molecule has 2 aromatic heterocycles. The number of hydrogen-bond acceptors (Lipinski definition) is 6. The first-order valence-corrected chi connectivity index (χ1v) is 8.49. The number of nitrogen functional groups attached to an aromatic ring is 1. The number of nitrogens with two attached hydrogens (primary N) is 1. The molecule has 0 aromatic carbocycles. The van der Waals surface area contributed by atoms with Crippen LogP contribution in [0, 0.1) is 0 Å². The van der Waals surface area contributed by atoms with Crippen molar-refractivity contribution < 1.29 is 4.52 Å². The fourth-order valence-electron chi connectivity index (χ4n) is 2.92. The molecule has 5 nitrogen and oxygen atoms in total. The fourth-order valence-corrected chi connectivity index (χ4v) is 4.07. The molecule has 2 aromatic rings. The van der Waals surface area contributed by atoms with Crippen molar-refractivity contribution in [3.63, 3.8) is 0 Å². The van der Waals surface area contributed by atoms with Crippen LogP contribution in [-0.2, 0) is 19.3 Å². The van der Waals surface area contributed by atoms with Gasteiger partial charge in [0.2, 0.25) is 0 Å². The molecular formula is C15H22N4OS. The third kappa shape index (κ3) is 2.82. The van der Waals surface area contributed by atoms with Gasteiger partial charge >= 0.3 is 0 Å². The van der Waals surface area contributed by atoms with E-state index in [1.165, 1.54) is 16.9 Å². The Morgan fingerprint density at radius 2 is 2.10 bits per heavy atom. The van der Waals surface area contributed by atoms with Gasteiger partial charge in [-0.3, -0.25) is 0 Å². The molecule has 0 aliphatic heterocycles. The first-order chi connectivity index (χ1) is 10.2. The van der Waals surface area contributed by atoms with Crippen LogP contribution in [0.5, 0.6) is 0 Å². The lowest BCUT2D eigenvalue weighted by Gasteiger charge is -2.16. The van der Waals surface area contributed by atoms with Gasteiger partial charge in [0.1, 0.15) is 0 Å². The Balaban J connectivity index is 1.76. The summed E-state index contributed by atoms with van der Waals surface area (Å²) < 4.78 is 5.46. The number of aryl methyl sites for hydroxylation is 1. The lowest BCUT2D eigenvalue weighted by atomic mass is 10.1. The molecule has 114 valence electrons. The molecule has 0 saturated heterocycles. The lowest BCUT2D eigenvalue weighted by Crippen LogP contribution is -2.25. The predicted octanol–water partition coefficient (Wildman–Crippen LogP) is 2.75. The second-order valence-electron chi connectivity index (χ2n) is 5.39. The molecule has 0 radical (unpaired) electrons. The molecule has 0 atom stereocenters. The minimum atomic E-state index is 0.599. The molecule has 0 unspecified atom stereocenters. The van der Waals surface area contributed by atoms with E-state index in [0.29, 0.717) is 5.89 Å². The van der Waals surface area contributed by atoms with Crippen molar-refractivity contribution in [3.05, 3.63) is 16.3 Å². The molecule has 2 N–H and O–H groups in total. The summed E-state index contributed by atoms with van der Waals surface area (Å²) in [6.45, 7) is 7.39. The van der Waals surface area contributed by atoms with E-state index in [0.717, 1.165) is 55.3 Å². The molecule has 0 amide bonds. The Labute approximate surface area is 129 Å². The van der Waals surface area contributed by atoms with Crippen molar-refractivity contribution >= 4 is 16.3 Å². The molecule has 3 rings (SSSR count). The Bertz CT molecular complexity index is 615. The van der Waals surface area contributed by atoms with Crippen LogP contribution < -0.4 is 5.73 Å². The van der Waals surface area contributed by atoms with E-state index in [1.807, 2.05) is 0 Å². The fraction of sp³-hybridized carbons (Fsp3) is 0.600. The Kier molecular flexibility index (Phi) is 4.26. The van der Waals surface area contributed by atoms with Crippen LogP contribution in [0.15, 0.2) is 4.52 Å². The number of rotatable bonds is 6. The standard InChI is InChI=1S/C15H22N4OS/c1-3-19(4-2)9-8-12-17-15(20-18-12)13-10-6-5-7-11(10)21-14(13)16/h3-9,16H2,1-2H3. The van der Waals surface area contributed by atoms with Crippen LogP contribution in [0.2, 0.25) is 0 Å². The highest BCUT2D eigenvalue weighted by atomic mass is 32.1. The van der Waals surface area contributed by atoms with Gasteiger partial charge in [0.25, 0.3) is 5.89 Å². The molecule has 21 heavy (non-hydrogen) atoms. The highest BCUT2D eigenvalue weighted by Crippen LogP contribution is 2.42. The number of nitrogens with zero attached hydrogens (tertiary/aromatic N) is 3. The van der Waals surface area contributed by atoms with Gasteiger partial charge in [0.15, 0.2) is 5.82 Å². The Hall–Kier alpha value is -1.40. The summed E-state index contributed by atoms with van der Waals surface area (Å²) in [5, 5.41) is 4.93. The second kappa shape index (κ2) is 6.15. The quantitative estimate of drug-likeness (QED) is 0.888. The maximum absolute atomic E-state index is 6.14. The van der Waals surface area contributed by atoms with Crippen LogP contribution in [0.1, 0.15) is 36.5 Å². The molecule has 0 bridgehead atoms. The first kappa shape index (κ1) is 14.5. The molecule has 0 fully saturated rings. The van der Waals surface area contributed by atoms with Crippen molar-refractivity contribution in [1.29, 1.82) is 0 Å². The van der Waals surface area contributed by atoms with Gasteiger partial charge in [-0.2, -0.15) is 4.98 Å². The summed E-state index contributed by atoms with van der Waals surface area (Å²) in [7, 11) is 0. The normalized spacial score (nSPS) is 14.0. The maximum atomic E-state index is 6.14. The van der Waals surface area contributed by atoms with Crippen LogP contribution in [0.25, 0.3) is 11.5 Å². The Morgan fingerprint density at radius 1 is 1.29 bits per heavy atom. The highest BCUT2D eigenvalue weighted by molar-refractivity contribution is 7.16. The minimum absolute atomic E-state index is 0.599. The number of thiophene rings is 1. The van der Waals surface area contributed by atoms with E-state index in [2.05, 4.69) is 28.9 Å². The summed E-state index contributed by atoms with van der Waals surface area (Å²) >= 11 is 1.67. The van der Waals surface area contributed by atoms with Crippen LogP contribution in [0.3, 0.4) is 0 Å². The van der Waals surface area contributed by atoms with E-state index in [9.17, 15) is 0 Å². The largest absolute Gasteiger partial charge is 0.390 e. The molecule has 6 heteroatoms. The summed E-state index contributed by atoms with van der Waals surface area (Å²) in [5.41, 5.74) is 8.47. The van der Waals surface area contributed by atoms with E-state index >= 15 is 0 Å². The van der Waals surface area contributed by atoms with Gasteiger partial charge in [-0.25, -0.2) is 0 Å². The molecule has 0 saturated carbocycles. The zero-order chi connectivity index (χ0) is 14.8. The van der Waals surface area contributed by atoms with Crippen molar-refractivity contribution in [2.24, 2.45) is 0 Å². The zero-order valence-corrected chi connectivity index (χ0v) is 13.5. The van der Waals surface area contributed by atoms with Crippen LogP contribution in [-0.4, -0.2) is 34.7 Å². The summed E-state index contributed by atoms with van der Waals surface area (Å²) in [6.07, 6.45) is 4.23. The number of anilines is 1. The van der Waals surface area contributed by atoms with Crippen molar-refractivity contribution in [2.45, 2.75) is 39.5 Å². The summed E-state index contributed by atoms with van der Waals surface area (Å²) in [5.74, 6) is 1.37. The third-order valence-corrected chi connectivity index (χ3v) is 5.30. The molecular weight excluding hydrogens is 284 g/mol. The van der Waals surface area contributed by atoms with Gasteiger partial charge in [-0.05, 0) is 37.9 Å². The zero-order valence-electron chi connectivity index (χ0n) is 12.7. The lowest BCUT2D eigenvalue weighted by molar-refractivity contribution is 0.303. The highest BCUT2D eigenvalue weighted by Gasteiger charge is 2.25. The molecule has 1 aliphatic carbocycles. The number of aromatic nitrogens is 2. The SMILES string of the molecule is CCN(CC)CCc1noc(-c2c(N)sc3c2CCC3)n1. The van der Waals surface area contributed by atoms with E-state index in [1.54, 1.807) is 11.3 Å². The molecule has 1 aliphatic rings. The topological polar surface area (TPSA) is 68.2 Å². The van der Waals surface area contributed by atoms with Gasteiger partial charge in [0.05, 0.1) is 10.6 Å². The van der Waals surface area contributed by atoms with Crippen LogP contribution >= 0.6 is 11.3 Å². The molecule has 0 spiro atoms. The summed E-state index contributed by atoms with van der Waals surface area (Å²) in [4.78, 5) is 8.30. The van der Waals surface area contributed by atoms with Gasteiger partial charge in [-0.15, -0.1) is 11.3 Å². The Morgan fingerprint density at radius 3 is 2.86 bits per heavy atom. The number of fused-ring (bicyclic) bond motifs is 1. The predicted molar refractivity (Wildman–Crippen MR) is 85.5 cm³/mol. The van der Waals surface area contributed by atoms with Crippen molar-refractivity contribution in [2.75, 3.05) is 25.4 Å². The molecule has 2 heterocycles. The van der Waals surface area contributed by atoms with Crippen molar-refractivity contribution in [3.8, 4) is 11.5 Å². The summed E-state index contributed by atoms with van der Waals surface area (Å²) in [6, 6.07) is 0. The number of likely N-dealkylation sites (N-methyl/N-ethyl adjacent to an activating group) is 1. The van der Waals surface area contributed by atoms with Gasteiger partial charge in [0, 0.05) is 17.8 Å². The maximum Gasteiger partial charge on any atom is 0.261 e. The minimum Gasteiger partial charge on any atom is -0.390 e. The third-order valence-electron chi connectivity index (χ3n) is 4.18. The van der Waals surface area contributed by atoms with Crippen LogP contribution in [0.4, 0.5) is 5.00 Å². The van der Waals surface area contributed by atoms with Gasteiger partial charge in [-0.1, -0.05) is 19.0 Å². The monoisotopic (exact) mass is 306 g/mol. The van der Waals surface area contributed by atoms with E-state index in [-0.39, 0.29) is 0 Å². The smallest absolute Gasteiger partial charge is 0.261 e. The number of hydrogen-bond donors (Lipinski definition) is 1. The first-order valence-electron chi connectivity index (χ1n) is 7.68. The second-order valence-corrected chi connectivity index (χ2v) is 6.53. The van der Waals surface area contributed by atoms with Crippen molar-refractivity contribution in [1.82, 2.24) is 15.0 Å².